The molecule has 6 heteroatoms. The van der Waals surface area contributed by atoms with Gasteiger partial charge >= 0.3 is 0 Å². The van der Waals surface area contributed by atoms with E-state index in [0.717, 1.165) is 22.3 Å². The van der Waals surface area contributed by atoms with Crippen molar-refractivity contribution in [2.75, 3.05) is 0 Å². The maximum atomic E-state index is 9.03. The molecular formula is C10H14N4OS. The van der Waals surface area contributed by atoms with E-state index in [-0.39, 0.29) is 6.61 Å². The van der Waals surface area contributed by atoms with Crippen LogP contribution in [0.25, 0.3) is 0 Å². The van der Waals surface area contributed by atoms with Crippen molar-refractivity contribution in [1.29, 1.82) is 0 Å². The summed E-state index contributed by atoms with van der Waals surface area (Å²) in [6, 6.07) is 1.99. The smallest absolute Gasteiger partial charge is 0.168 e. The zero-order chi connectivity index (χ0) is 11.5. The van der Waals surface area contributed by atoms with Crippen LogP contribution in [0.1, 0.15) is 11.4 Å². The van der Waals surface area contributed by atoms with Gasteiger partial charge in [-0.25, -0.2) is 4.98 Å². The third-order valence-corrected chi connectivity index (χ3v) is 3.40. The van der Waals surface area contributed by atoms with E-state index in [1.807, 2.05) is 30.9 Å². The Hall–Kier alpha value is -1.27. The molecule has 0 saturated heterocycles. The minimum absolute atomic E-state index is 0.0215. The third kappa shape index (κ3) is 2.28. The van der Waals surface area contributed by atoms with E-state index in [1.165, 1.54) is 0 Å². The van der Waals surface area contributed by atoms with Gasteiger partial charge in [0.25, 0.3) is 0 Å². The van der Waals surface area contributed by atoms with Crippen LogP contribution in [0.15, 0.2) is 23.6 Å². The van der Waals surface area contributed by atoms with Crippen LogP contribution in [0.2, 0.25) is 0 Å². The standard InChI is InChI=1S/C10H14N4OS/c1-13-4-3-8(12-13)7-16-10-11-5-9(6-15)14(10)2/h3-5,15H,6-7H2,1-2H3. The molecule has 0 aliphatic heterocycles. The highest BCUT2D eigenvalue weighted by molar-refractivity contribution is 7.98. The summed E-state index contributed by atoms with van der Waals surface area (Å²) in [5.74, 6) is 0.788. The topological polar surface area (TPSA) is 55.9 Å². The van der Waals surface area contributed by atoms with Gasteiger partial charge in [0.1, 0.15) is 0 Å². The van der Waals surface area contributed by atoms with E-state index in [9.17, 15) is 0 Å². The average molecular weight is 238 g/mol. The fourth-order valence-electron chi connectivity index (χ4n) is 1.39. The molecule has 0 aromatic carbocycles. The number of hydrogen-bond acceptors (Lipinski definition) is 4. The SMILES string of the molecule is Cn1ccc(CSc2ncc(CO)n2C)n1. The number of rotatable bonds is 4. The Balaban J connectivity index is 2.02. The van der Waals surface area contributed by atoms with Gasteiger partial charge in [-0.2, -0.15) is 5.10 Å². The van der Waals surface area contributed by atoms with Gasteiger partial charge in [0.2, 0.25) is 0 Å². The molecule has 0 spiro atoms. The summed E-state index contributed by atoms with van der Waals surface area (Å²) in [5.41, 5.74) is 1.85. The van der Waals surface area contributed by atoms with Crippen molar-refractivity contribution in [3.05, 3.63) is 29.8 Å². The van der Waals surface area contributed by atoms with E-state index >= 15 is 0 Å². The predicted molar refractivity (Wildman–Crippen MR) is 61.9 cm³/mol. The first-order valence-corrected chi connectivity index (χ1v) is 5.92. The Morgan fingerprint density at radius 2 is 2.25 bits per heavy atom. The maximum absolute atomic E-state index is 9.03. The van der Waals surface area contributed by atoms with Crippen LogP contribution in [0, 0.1) is 0 Å². The molecule has 16 heavy (non-hydrogen) atoms. The molecule has 0 atom stereocenters. The molecule has 0 radical (unpaired) electrons. The van der Waals surface area contributed by atoms with E-state index in [2.05, 4.69) is 10.1 Å². The van der Waals surface area contributed by atoms with Gasteiger partial charge in [0, 0.05) is 26.0 Å². The van der Waals surface area contributed by atoms with Crippen molar-refractivity contribution < 1.29 is 5.11 Å². The summed E-state index contributed by atoms with van der Waals surface area (Å²) < 4.78 is 3.68. The zero-order valence-corrected chi connectivity index (χ0v) is 10.1. The maximum Gasteiger partial charge on any atom is 0.168 e. The van der Waals surface area contributed by atoms with Gasteiger partial charge in [-0.05, 0) is 6.07 Å². The van der Waals surface area contributed by atoms with Gasteiger partial charge in [-0.1, -0.05) is 11.8 Å². The van der Waals surface area contributed by atoms with Crippen LogP contribution in [0.5, 0.6) is 0 Å². The van der Waals surface area contributed by atoms with Crippen LogP contribution in [-0.4, -0.2) is 24.4 Å². The van der Waals surface area contributed by atoms with E-state index in [4.69, 9.17) is 5.11 Å². The molecule has 86 valence electrons. The Labute approximate surface area is 98.1 Å². The van der Waals surface area contributed by atoms with Crippen molar-refractivity contribution in [2.24, 2.45) is 14.1 Å². The first kappa shape index (κ1) is 11.2. The molecule has 0 unspecified atom stereocenters. The second-order valence-corrected chi connectivity index (χ2v) is 4.46. The lowest BCUT2D eigenvalue weighted by molar-refractivity contribution is 0.271. The summed E-state index contributed by atoms with van der Waals surface area (Å²) in [5, 5.41) is 14.2. The van der Waals surface area contributed by atoms with Gasteiger partial charge in [0.15, 0.2) is 5.16 Å². The third-order valence-electron chi connectivity index (χ3n) is 2.32. The molecule has 2 heterocycles. The Morgan fingerprint density at radius 1 is 1.44 bits per heavy atom. The van der Waals surface area contributed by atoms with Crippen molar-refractivity contribution in [3.8, 4) is 0 Å². The molecule has 1 N–H and O–H groups in total. The molecule has 0 fully saturated rings. The minimum atomic E-state index is 0.0215. The van der Waals surface area contributed by atoms with Gasteiger partial charge in [-0.3, -0.25) is 4.68 Å². The number of aliphatic hydroxyl groups is 1. The highest BCUT2D eigenvalue weighted by Crippen LogP contribution is 2.21. The van der Waals surface area contributed by atoms with Crippen LogP contribution in [0.4, 0.5) is 0 Å². The molecule has 0 aliphatic carbocycles. The predicted octanol–water partition coefficient (Wildman–Crippen LogP) is 0.938. The largest absolute Gasteiger partial charge is 0.390 e. The molecule has 2 rings (SSSR count). The highest BCUT2D eigenvalue weighted by atomic mass is 32.2. The molecule has 0 saturated carbocycles. The Bertz CT molecular complexity index is 477. The summed E-state index contributed by atoms with van der Waals surface area (Å²) in [6.45, 7) is 0.0215. The van der Waals surface area contributed by atoms with Gasteiger partial charge in [0.05, 0.1) is 24.2 Å². The average Bonchev–Trinajstić information content (AvgIpc) is 2.83. The molecule has 0 amide bonds. The minimum Gasteiger partial charge on any atom is -0.390 e. The monoisotopic (exact) mass is 238 g/mol. The summed E-state index contributed by atoms with van der Waals surface area (Å²) in [4.78, 5) is 4.24. The molecule has 0 bridgehead atoms. The quantitative estimate of drug-likeness (QED) is 0.805. The first-order valence-electron chi connectivity index (χ1n) is 4.93. The van der Waals surface area contributed by atoms with Gasteiger partial charge < -0.3 is 9.67 Å². The fourth-order valence-corrected chi connectivity index (χ4v) is 2.25. The molecule has 2 aromatic heterocycles. The number of imidazole rings is 1. The summed E-state index contributed by atoms with van der Waals surface area (Å²) >= 11 is 1.61. The van der Waals surface area contributed by atoms with Crippen LogP contribution < -0.4 is 0 Å². The second-order valence-electron chi connectivity index (χ2n) is 3.52. The van der Waals surface area contributed by atoms with E-state index in [1.54, 1.807) is 22.6 Å². The van der Waals surface area contributed by atoms with E-state index in [0.29, 0.717) is 0 Å². The lowest BCUT2D eigenvalue weighted by atomic mass is 10.5. The van der Waals surface area contributed by atoms with Crippen molar-refractivity contribution in [3.63, 3.8) is 0 Å². The lowest BCUT2D eigenvalue weighted by Crippen LogP contribution is -1.97. The van der Waals surface area contributed by atoms with Crippen molar-refractivity contribution in [2.45, 2.75) is 17.5 Å². The molecular weight excluding hydrogens is 224 g/mol. The lowest BCUT2D eigenvalue weighted by Gasteiger charge is -2.02. The number of aromatic nitrogens is 4. The number of aliphatic hydroxyl groups excluding tert-OH is 1. The number of thioether (sulfide) groups is 1. The Kier molecular flexibility index (Phi) is 3.31. The number of aryl methyl sites for hydroxylation is 1. The van der Waals surface area contributed by atoms with Crippen molar-refractivity contribution >= 4 is 11.8 Å². The van der Waals surface area contributed by atoms with E-state index < -0.39 is 0 Å². The number of nitrogens with zero attached hydrogens (tertiary/aromatic N) is 4. The second kappa shape index (κ2) is 4.71. The molecule has 0 aliphatic rings. The Morgan fingerprint density at radius 3 is 2.81 bits per heavy atom. The van der Waals surface area contributed by atoms with Gasteiger partial charge in [-0.15, -0.1) is 0 Å². The molecule has 5 nitrogen and oxygen atoms in total. The first-order chi connectivity index (χ1) is 7.70. The van der Waals surface area contributed by atoms with Crippen LogP contribution in [0.3, 0.4) is 0 Å². The fraction of sp³-hybridized carbons (Fsp3) is 0.400. The summed E-state index contributed by atoms with van der Waals surface area (Å²) in [7, 11) is 3.80. The normalized spacial score (nSPS) is 10.9. The summed E-state index contributed by atoms with van der Waals surface area (Å²) in [6.07, 6.45) is 3.62. The van der Waals surface area contributed by atoms with Crippen molar-refractivity contribution in [1.82, 2.24) is 19.3 Å². The zero-order valence-electron chi connectivity index (χ0n) is 9.29. The highest BCUT2D eigenvalue weighted by Gasteiger charge is 2.07. The van der Waals surface area contributed by atoms with Crippen LogP contribution >= 0.6 is 11.8 Å². The van der Waals surface area contributed by atoms with Crippen LogP contribution in [-0.2, 0) is 26.5 Å². The number of hydrogen-bond donors (Lipinski definition) is 1. The molecule has 2 aromatic rings.